The molecule has 0 amide bonds. The lowest BCUT2D eigenvalue weighted by Gasteiger charge is -1.96. The van der Waals surface area contributed by atoms with Gasteiger partial charge in [0, 0.05) is 0 Å². The summed E-state index contributed by atoms with van der Waals surface area (Å²) in [6.45, 7) is 3.53. The SMILES string of the molecule is C=COCCCS(=O)(=O)O. The van der Waals surface area contributed by atoms with E-state index in [1.165, 1.54) is 6.26 Å². The first-order valence-corrected chi connectivity index (χ1v) is 4.35. The van der Waals surface area contributed by atoms with E-state index in [0.29, 0.717) is 0 Å². The molecule has 0 radical (unpaired) electrons. The van der Waals surface area contributed by atoms with Gasteiger partial charge in [-0.1, -0.05) is 6.58 Å². The summed E-state index contributed by atoms with van der Waals surface area (Å²) < 4.78 is 33.0. The lowest BCUT2D eigenvalue weighted by atomic mass is 10.5. The van der Waals surface area contributed by atoms with E-state index in [2.05, 4.69) is 11.3 Å². The Labute approximate surface area is 60.3 Å². The molecule has 0 aliphatic heterocycles. The predicted octanol–water partition coefficient (Wildman–Crippen LogP) is 0.424. The minimum atomic E-state index is -3.82. The van der Waals surface area contributed by atoms with Crippen molar-refractivity contribution in [2.45, 2.75) is 6.42 Å². The fourth-order valence-corrected chi connectivity index (χ4v) is 0.891. The number of rotatable bonds is 5. The van der Waals surface area contributed by atoms with Gasteiger partial charge in [0.05, 0.1) is 18.6 Å². The normalized spacial score (nSPS) is 10.9. The zero-order chi connectivity index (χ0) is 8.04. The molecule has 0 bridgehead atoms. The van der Waals surface area contributed by atoms with E-state index in [9.17, 15) is 8.42 Å². The Kier molecular flexibility index (Phi) is 4.06. The smallest absolute Gasteiger partial charge is 0.264 e. The summed E-state index contributed by atoms with van der Waals surface area (Å²) in [5.74, 6) is -0.263. The first-order valence-electron chi connectivity index (χ1n) is 2.74. The molecule has 0 spiro atoms. The van der Waals surface area contributed by atoms with Crippen LogP contribution in [0.4, 0.5) is 0 Å². The van der Waals surface area contributed by atoms with E-state index in [0.717, 1.165) is 0 Å². The zero-order valence-corrected chi connectivity index (χ0v) is 6.30. The predicted molar refractivity (Wildman–Crippen MR) is 37.2 cm³/mol. The van der Waals surface area contributed by atoms with E-state index in [1.54, 1.807) is 0 Å². The molecule has 0 aromatic heterocycles. The van der Waals surface area contributed by atoms with Crippen molar-refractivity contribution in [3.63, 3.8) is 0 Å². The largest absolute Gasteiger partial charge is 0.502 e. The molecule has 5 heteroatoms. The summed E-state index contributed by atoms with van der Waals surface area (Å²) in [4.78, 5) is 0. The molecule has 0 aliphatic rings. The van der Waals surface area contributed by atoms with Crippen molar-refractivity contribution in [3.05, 3.63) is 12.8 Å². The van der Waals surface area contributed by atoms with E-state index < -0.39 is 10.1 Å². The maximum Gasteiger partial charge on any atom is 0.264 e. The minimum Gasteiger partial charge on any atom is -0.502 e. The van der Waals surface area contributed by atoms with Crippen molar-refractivity contribution in [2.75, 3.05) is 12.4 Å². The average Bonchev–Trinajstić information content (AvgIpc) is 1.78. The highest BCUT2D eigenvalue weighted by Gasteiger charge is 2.02. The van der Waals surface area contributed by atoms with Gasteiger partial charge in [-0.25, -0.2) is 0 Å². The third-order valence-electron chi connectivity index (χ3n) is 0.782. The quantitative estimate of drug-likeness (QED) is 0.365. The van der Waals surface area contributed by atoms with Crippen LogP contribution in [0.1, 0.15) is 6.42 Å². The van der Waals surface area contributed by atoms with Crippen LogP contribution >= 0.6 is 0 Å². The van der Waals surface area contributed by atoms with Crippen LogP contribution in [0.5, 0.6) is 0 Å². The van der Waals surface area contributed by atoms with Gasteiger partial charge in [-0.15, -0.1) is 0 Å². The number of hydrogen-bond donors (Lipinski definition) is 1. The second-order valence-electron chi connectivity index (χ2n) is 1.68. The standard InChI is InChI=1S/C5H10O4S/c1-2-9-4-3-5-10(6,7)8/h2H,1,3-5H2,(H,6,7,8). The molecule has 0 atom stereocenters. The second kappa shape index (κ2) is 4.29. The minimum absolute atomic E-state index is 0.263. The Bertz CT molecular complexity index is 182. The highest BCUT2D eigenvalue weighted by atomic mass is 32.2. The Morgan fingerprint density at radius 2 is 2.20 bits per heavy atom. The zero-order valence-electron chi connectivity index (χ0n) is 5.49. The summed E-state index contributed by atoms with van der Waals surface area (Å²) in [5, 5.41) is 0. The van der Waals surface area contributed by atoms with Gasteiger partial charge < -0.3 is 4.74 Å². The first kappa shape index (κ1) is 9.45. The summed E-state index contributed by atoms with van der Waals surface area (Å²) in [7, 11) is -3.82. The molecule has 1 N–H and O–H groups in total. The Morgan fingerprint density at radius 3 is 2.60 bits per heavy atom. The van der Waals surface area contributed by atoms with Crippen LogP contribution < -0.4 is 0 Å². The lowest BCUT2D eigenvalue weighted by Crippen LogP contribution is -2.05. The van der Waals surface area contributed by atoms with Crippen molar-refractivity contribution in [3.8, 4) is 0 Å². The molecular weight excluding hydrogens is 156 g/mol. The van der Waals surface area contributed by atoms with Crippen molar-refractivity contribution < 1.29 is 17.7 Å². The number of ether oxygens (including phenoxy) is 1. The third-order valence-corrected chi connectivity index (χ3v) is 1.59. The van der Waals surface area contributed by atoms with Gasteiger partial charge in [-0.05, 0) is 6.42 Å². The van der Waals surface area contributed by atoms with Gasteiger partial charge in [0.15, 0.2) is 0 Å². The highest BCUT2D eigenvalue weighted by molar-refractivity contribution is 7.85. The molecule has 0 fully saturated rings. The van der Waals surface area contributed by atoms with E-state index in [4.69, 9.17) is 4.55 Å². The molecule has 4 nitrogen and oxygen atoms in total. The Morgan fingerprint density at radius 1 is 1.60 bits per heavy atom. The topological polar surface area (TPSA) is 63.6 Å². The second-order valence-corrected chi connectivity index (χ2v) is 3.25. The lowest BCUT2D eigenvalue weighted by molar-refractivity contribution is 0.251. The molecule has 0 saturated carbocycles. The summed E-state index contributed by atoms with van der Waals surface area (Å²) in [6.07, 6.45) is 1.51. The third kappa shape index (κ3) is 7.45. The van der Waals surface area contributed by atoms with Crippen LogP contribution in [0.2, 0.25) is 0 Å². The maximum absolute atomic E-state index is 10.1. The monoisotopic (exact) mass is 166 g/mol. The van der Waals surface area contributed by atoms with Crippen LogP contribution in [0.25, 0.3) is 0 Å². The fraction of sp³-hybridized carbons (Fsp3) is 0.600. The van der Waals surface area contributed by atoms with Gasteiger partial charge >= 0.3 is 0 Å². The molecular formula is C5H10O4S. The van der Waals surface area contributed by atoms with Crippen molar-refractivity contribution in [1.82, 2.24) is 0 Å². The molecule has 0 aromatic rings. The van der Waals surface area contributed by atoms with Gasteiger partial charge in [-0.3, -0.25) is 4.55 Å². The summed E-state index contributed by atoms with van der Waals surface area (Å²) in [5.41, 5.74) is 0. The van der Waals surface area contributed by atoms with Gasteiger partial charge in [0.1, 0.15) is 0 Å². The van der Waals surface area contributed by atoms with E-state index >= 15 is 0 Å². The Hall–Kier alpha value is -0.550. The molecule has 0 aromatic carbocycles. The maximum atomic E-state index is 10.1. The molecule has 60 valence electrons. The number of hydrogen-bond acceptors (Lipinski definition) is 3. The molecule has 0 aliphatic carbocycles. The molecule has 0 heterocycles. The fourth-order valence-electron chi connectivity index (χ4n) is 0.408. The van der Waals surface area contributed by atoms with Gasteiger partial charge in [0.25, 0.3) is 10.1 Å². The highest BCUT2D eigenvalue weighted by Crippen LogP contribution is 1.88. The van der Waals surface area contributed by atoms with Gasteiger partial charge in [-0.2, -0.15) is 8.42 Å². The summed E-state index contributed by atoms with van der Waals surface area (Å²) in [6, 6.07) is 0. The van der Waals surface area contributed by atoms with Crippen molar-refractivity contribution in [1.29, 1.82) is 0 Å². The van der Waals surface area contributed by atoms with Crippen LogP contribution in [0.3, 0.4) is 0 Å². The van der Waals surface area contributed by atoms with Crippen LogP contribution in [0.15, 0.2) is 12.8 Å². The van der Waals surface area contributed by atoms with Crippen LogP contribution in [-0.4, -0.2) is 25.3 Å². The molecule has 0 unspecified atom stereocenters. The first-order chi connectivity index (χ1) is 4.56. The molecule has 0 saturated heterocycles. The van der Waals surface area contributed by atoms with E-state index in [1.807, 2.05) is 0 Å². The van der Waals surface area contributed by atoms with Crippen molar-refractivity contribution >= 4 is 10.1 Å². The van der Waals surface area contributed by atoms with Gasteiger partial charge in [0.2, 0.25) is 0 Å². The molecule has 0 rings (SSSR count). The summed E-state index contributed by atoms with van der Waals surface area (Å²) >= 11 is 0. The Balaban J connectivity index is 3.29. The molecule has 10 heavy (non-hydrogen) atoms. The van der Waals surface area contributed by atoms with Crippen molar-refractivity contribution in [2.24, 2.45) is 0 Å². The van der Waals surface area contributed by atoms with Crippen LogP contribution in [-0.2, 0) is 14.9 Å². The van der Waals surface area contributed by atoms with E-state index in [-0.39, 0.29) is 18.8 Å². The van der Waals surface area contributed by atoms with Crippen LogP contribution in [0, 0.1) is 0 Å². The average molecular weight is 166 g/mol.